The zero-order valence-corrected chi connectivity index (χ0v) is 11.9. The lowest BCUT2D eigenvalue weighted by molar-refractivity contribution is 0.101. The molecule has 0 radical (unpaired) electrons. The molecule has 0 aliphatic rings. The van der Waals surface area contributed by atoms with Gasteiger partial charge < -0.3 is 8.85 Å². The van der Waals surface area contributed by atoms with Crippen LogP contribution in [0.5, 0.6) is 5.75 Å². The molecule has 1 aromatic carbocycles. The van der Waals surface area contributed by atoms with Gasteiger partial charge in [-0.15, -0.1) is 0 Å². The van der Waals surface area contributed by atoms with Crippen molar-refractivity contribution in [3.8, 4) is 5.75 Å². The van der Waals surface area contributed by atoms with Gasteiger partial charge >= 0.3 is 8.56 Å². The molecule has 0 saturated carbocycles. The average molecular weight is 252 g/mol. The van der Waals surface area contributed by atoms with Gasteiger partial charge in [0.05, 0.1) is 0 Å². The number of carbonyl (C=O) groups excluding carboxylic acids is 1. The SMILES string of the molecule is CCCO[Si](C)(C)Oc1ccc(C(C)=O)cc1. The molecule has 0 spiro atoms. The minimum absolute atomic E-state index is 0.0651. The number of benzene rings is 1. The van der Waals surface area contributed by atoms with Crippen LogP contribution in [-0.4, -0.2) is 21.0 Å². The van der Waals surface area contributed by atoms with E-state index in [1.165, 1.54) is 0 Å². The van der Waals surface area contributed by atoms with E-state index in [0.29, 0.717) is 5.56 Å². The summed E-state index contributed by atoms with van der Waals surface area (Å²) in [5.74, 6) is 0.832. The summed E-state index contributed by atoms with van der Waals surface area (Å²) < 4.78 is 11.6. The van der Waals surface area contributed by atoms with E-state index < -0.39 is 8.56 Å². The molecule has 4 heteroatoms. The van der Waals surface area contributed by atoms with Gasteiger partial charge in [-0.2, -0.15) is 0 Å². The monoisotopic (exact) mass is 252 g/mol. The molecular formula is C13H20O3Si. The summed E-state index contributed by atoms with van der Waals surface area (Å²) in [6.45, 7) is 8.39. The van der Waals surface area contributed by atoms with Gasteiger partial charge in [-0.1, -0.05) is 6.92 Å². The number of Topliss-reactive ketones (excluding diaryl/α,β-unsaturated/α-hetero) is 1. The van der Waals surface area contributed by atoms with Crippen LogP contribution in [0.2, 0.25) is 13.1 Å². The number of carbonyl (C=O) groups is 1. The Morgan fingerprint density at radius 2 is 1.82 bits per heavy atom. The minimum Gasteiger partial charge on any atom is -0.520 e. The van der Waals surface area contributed by atoms with E-state index in [1.807, 2.05) is 25.2 Å². The highest BCUT2D eigenvalue weighted by Crippen LogP contribution is 2.18. The van der Waals surface area contributed by atoms with Gasteiger partial charge in [-0.25, -0.2) is 0 Å². The maximum absolute atomic E-state index is 11.1. The van der Waals surface area contributed by atoms with Crippen LogP contribution in [0.4, 0.5) is 0 Å². The molecule has 3 nitrogen and oxygen atoms in total. The number of ketones is 1. The number of hydrogen-bond acceptors (Lipinski definition) is 3. The van der Waals surface area contributed by atoms with Gasteiger partial charge in [0, 0.05) is 12.2 Å². The zero-order chi connectivity index (χ0) is 12.9. The molecule has 1 rings (SSSR count). The van der Waals surface area contributed by atoms with Crippen LogP contribution in [0.25, 0.3) is 0 Å². The van der Waals surface area contributed by atoms with Crippen molar-refractivity contribution >= 4 is 14.3 Å². The topological polar surface area (TPSA) is 35.5 Å². The summed E-state index contributed by atoms with van der Waals surface area (Å²) >= 11 is 0. The van der Waals surface area contributed by atoms with Crippen LogP contribution in [0.3, 0.4) is 0 Å². The summed E-state index contributed by atoms with van der Waals surface area (Å²) in [5, 5.41) is 0. The Morgan fingerprint density at radius 3 is 2.29 bits per heavy atom. The van der Waals surface area contributed by atoms with E-state index in [2.05, 4.69) is 6.92 Å². The van der Waals surface area contributed by atoms with Crippen molar-refractivity contribution in [3.05, 3.63) is 29.8 Å². The van der Waals surface area contributed by atoms with Crippen molar-refractivity contribution in [3.63, 3.8) is 0 Å². The van der Waals surface area contributed by atoms with Crippen LogP contribution in [0.1, 0.15) is 30.6 Å². The number of rotatable bonds is 6. The standard InChI is InChI=1S/C13H20O3Si/c1-5-10-15-17(3,4)16-13-8-6-12(7-9-13)11(2)14/h6-9H,5,10H2,1-4H3. The van der Waals surface area contributed by atoms with E-state index in [0.717, 1.165) is 18.8 Å². The quantitative estimate of drug-likeness (QED) is 0.575. The maximum Gasteiger partial charge on any atom is 0.392 e. The molecule has 0 fully saturated rings. The zero-order valence-electron chi connectivity index (χ0n) is 10.9. The molecule has 0 saturated heterocycles. The molecule has 0 amide bonds. The molecule has 0 aliphatic carbocycles. The largest absolute Gasteiger partial charge is 0.520 e. The summed E-state index contributed by atoms with van der Waals surface area (Å²) in [4.78, 5) is 11.1. The lowest BCUT2D eigenvalue weighted by Crippen LogP contribution is -2.38. The highest BCUT2D eigenvalue weighted by atomic mass is 28.4. The predicted molar refractivity (Wildman–Crippen MR) is 70.8 cm³/mol. The van der Waals surface area contributed by atoms with Crippen LogP contribution >= 0.6 is 0 Å². The molecule has 0 atom stereocenters. The Hall–Kier alpha value is -1.13. The third-order valence-electron chi connectivity index (χ3n) is 2.28. The number of hydrogen-bond donors (Lipinski definition) is 0. The third-order valence-corrected chi connectivity index (χ3v) is 3.90. The molecule has 17 heavy (non-hydrogen) atoms. The third kappa shape index (κ3) is 4.71. The van der Waals surface area contributed by atoms with Crippen LogP contribution in [0.15, 0.2) is 24.3 Å². The molecule has 0 aliphatic heterocycles. The fourth-order valence-electron chi connectivity index (χ4n) is 1.42. The van der Waals surface area contributed by atoms with Crippen molar-refractivity contribution in [2.24, 2.45) is 0 Å². The lowest BCUT2D eigenvalue weighted by atomic mass is 10.1. The second-order valence-electron chi connectivity index (χ2n) is 4.43. The van der Waals surface area contributed by atoms with Crippen molar-refractivity contribution in [1.82, 2.24) is 0 Å². The summed E-state index contributed by atoms with van der Waals surface area (Å²) in [6, 6.07) is 7.20. The normalized spacial score (nSPS) is 11.3. The summed E-state index contributed by atoms with van der Waals surface area (Å²) in [5.41, 5.74) is 0.700. The first-order valence-electron chi connectivity index (χ1n) is 5.88. The minimum atomic E-state index is -2.09. The van der Waals surface area contributed by atoms with Gasteiger partial charge in [0.15, 0.2) is 5.78 Å². The molecule has 94 valence electrons. The van der Waals surface area contributed by atoms with Crippen molar-refractivity contribution in [1.29, 1.82) is 0 Å². The molecule has 1 aromatic rings. The Morgan fingerprint density at radius 1 is 1.24 bits per heavy atom. The van der Waals surface area contributed by atoms with Crippen LogP contribution < -0.4 is 4.43 Å². The maximum atomic E-state index is 11.1. The van der Waals surface area contributed by atoms with Crippen LogP contribution in [0, 0.1) is 0 Å². The molecule has 0 heterocycles. The summed E-state index contributed by atoms with van der Waals surface area (Å²) in [6.07, 6.45) is 0.989. The van der Waals surface area contributed by atoms with E-state index in [4.69, 9.17) is 8.85 Å². The van der Waals surface area contributed by atoms with Gasteiger partial charge in [-0.05, 0) is 50.7 Å². The van der Waals surface area contributed by atoms with Gasteiger partial charge in [0.2, 0.25) is 0 Å². The molecular weight excluding hydrogens is 232 g/mol. The van der Waals surface area contributed by atoms with Crippen molar-refractivity contribution in [2.45, 2.75) is 33.4 Å². The molecule has 0 aromatic heterocycles. The predicted octanol–water partition coefficient (Wildman–Crippen LogP) is 3.40. The van der Waals surface area contributed by atoms with Gasteiger partial charge in [-0.3, -0.25) is 4.79 Å². The molecule has 0 N–H and O–H groups in total. The fraction of sp³-hybridized carbons (Fsp3) is 0.462. The highest BCUT2D eigenvalue weighted by Gasteiger charge is 2.26. The van der Waals surface area contributed by atoms with Crippen molar-refractivity contribution < 1.29 is 13.6 Å². The Balaban J connectivity index is 2.65. The first-order valence-corrected chi connectivity index (χ1v) is 8.70. The lowest BCUT2D eigenvalue weighted by Gasteiger charge is -2.23. The Kier molecular flexibility index (Phi) is 4.90. The second-order valence-corrected chi connectivity index (χ2v) is 7.72. The van der Waals surface area contributed by atoms with E-state index in [9.17, 15) is 4.79 Å². The summed E-state index contributed by atoms with van der Waals surface area (Å²) in [7, 11) is -2.09. The van der Waals surface area contributed by atoms with E-state index in [1.54, 1.807) is 19.1 Å². The molecule has 0 bridgehead atoms. The van der Waals surface area contributed by atoms with E-state index in [-0.39, 0.29) is 5.78 Å². The smallest absolute Gasteiger partial charge is 0.392 e. The Labute approximate surface area is 104 Å². The second kappa shape index (κ2) is 5.98. The van der Waals surface area contributed by atoms with Crippen LogP contribution in [-0.2, 0) is 4.43 Å². The first kappa shape index (κ1) is 13.9. The average Bonchev–Trinajstić information content (AvgIpc) is 2.26. The fourth-order valence-corrected chi connectivity index (χ4v) is 2.88. The highest BCUT2D eigenvalue weighted by molar-refractivity contribution is 6.65. The van der Waals surface area contributed by atoms with Gasteiger partial charge in [0.1, 0.15) is 5.75 Å². The van der Waals surface area contributed by atoms with Gasteiger partial charge in [0.25, 0.3) is 0 Å². The Bertz CT molecular complexity index is 371. The first-order chi connectivity index (χ1) is 7.94. The van der Waals surface area contributed by atoms with E-state index >= 15 is 0 Å². The van der Waals surface area contributed by atoms with Crippen molar-refractivity contribution in [2.75, 3.05) is 6.61 Å². The molecule has 0 unspecified atom stereocenters.